The van der Waals surface area contributed by atoms with Gasteiger partial charge >= 0.3 is 0 Å². The fourth-order valence-corrected chi connectivity index (χ4v) is 3.78. The van der Waals surface area contributed by atoms with Gasteiger partial charge in [0.2, 0.25) is 5.91 Å². The summed E-state index contributed by atoms with van der Waals surface area (Å²) in [7, 11) is 0. The number of carbonyl (C=O) groups excluding carboxylic acids is 1. The molecule has 2 aromatic rings. The van der Waals surface area contributed by atoms with Crippen LogP contribution in [-0.4, -0.2) is 47.7 Å². The molecule has 1 saturated heterocycles. The van der Waals surface area contributed by atoms with Gasteiger partial charge < -0.3 is 15.5 Å². The van der Waals surface area contributed by atoms with Gasteiger partial charge in [-0.3, -0.25) is 4.79 Å². The van der Waals surface area contributed by atoms with Gasteiger partial charge in [-0.05, 0) is 18.2 Å². The minimum atomic E-state index is -0.272. The number of nitrogen functional groups attached to an aromatic ring is 1. The van der Waals surface area contributed by atoms with Gasteiger partial charge in [-0.2, -0.15) is 10.5 Å². The predicted octanol–water partition coefficient (Wildman–Crippen LogP) is 1.99. The first-order valence-corrected chi connectivity index (χ1v) is 9.52. The number of thioether (sulfide) groups is 1. The number of carbonyl (C=O) groups is 1. The van der Waals surface area contributed by atoms with E-state index in [9.17, 15) is 14.4 Å². The molecule has 7 nitrogen and oxygen atoms in total. The molecule has 0 radical (unpaired) electrons. The van der Waals surface area contributed by atoms with E-state index in [0.29, 0.717) is 36.9 Å². The van der Waals surface area contributed by atoms with Crippen molar-refractivity contribution in [3.63, 3.8) is 0 Å². The third-order valence-corrected chi connectivity index (χ3v) is 5.39. The van der Waals surface area contributed by atoms with Crippen molar-refractivity contribution in [3.05, 3.63) is 47.3 Å². The molecule has 1 aliphatic rings. The lowest BCUT2D eigenvalue weighted by Gasteiger charge is -2.36. The summed E-state index contributed by atoms with van der Waals surface area (Å²) >= 11 is 1.12. The summed E-state index contributed by atoms with van der Waals surface area (Å²) in [5.41, 5.74) is 6.59. The number of piperazine rings is 1. The van der Waals surface area contributed by atoms with Crippen LogP contribution in [0.3, 0.4) is 0 Å². The van der Waals surface area contributed by atoms with Gasteiger partial charge in [-0.1, -0.05) is 23.9 Å². The van der Waals surface area contributed by atoms with E-state index in [-0.39, 0.29) is 34.4 Å². The van der Waals surface area contributed by atoms with E-state index in [0.717, 1.165) is 11.8 Å². The van der Waals surface area contributed by atoms with Crippen molar-refractivity contribution in [1.29, 1.82) is 10.5 Å². The van der Waals surface area contributed by atoms with Gasteiger partial charge in [0.25, 0.3) is 0 Å². The largest absolute Gasteiger partial charge is 0.383 e. The maximum atomic E-state index is 13.9. The van der Waals surface area contributed by atoms with E-state index in [4.69, 9.17) is 11.0 Å². The minimum absolute atomic E-state index is 0.0370. The predicted molar refractivity (Wildman–Crippen MR) is 104 cm³/mol. The number of rotatable bonds is 4. The van der Waals surface area contributed by atoms with Crippen molar-refractivity contribution in [3.8, 4) is 12.1 Å². The van der Waals surface area contributed by atoms with Crippen molar-refractivity contribution in [1.82, 2.24) is 9.88 Å². The molecular formula is C19H17FN6OS. The third-order valence-electron chi connectivity index (χ3n) is 4.42. The zero-order valence-electron chi connectivity index (χ0n) is 14.9. The number of hydrogen-bond donors (Lipinski definition) is 1. The van der Waals surface area contributed by atoms with Crippen LogP contribution in [0, 0.1) is 28.5 Å². The summed E-state index contributed by atoms with van der Waals surface area (Å²) in [6, 6.07) is 11.8. The molecule has 0 bridgehead atoms. The molecule has 0 atom stereocenters. The normalized spacial score (nSPS) is 13.7. The summed E-state index contributed by atoms with van der Waals surface area (Å²) < 4.78 is 13.9. The molecule has 9 heteroatoms. The number of aromatic nitrogens is 1. The highest BCUT2D eigenvalue weighted by Crippen LogP contribution is 2.25. The molecule has 1 amide bonds. The first kappa shape index (κ1) is 19.5. The summed E-state index contributed by atoms with van der Waals surface area (Å²) in [6.07, 6.45) is 0. The van der Waals surface area contributed by atoms with Crippen molar-refractivity contribution in [2.75, 3.05) is 42.6 Å². The van der Waals surface area contributed by atoms with Gasteiger partial charge in [-0.15, -0.1) is 0 Å². The smallest absolute Gasteiger partial charge is 0.233 e. The lowest BCUT2D eigenvalue weighted by molar-refractivity contribution is -0.128. The van der Waals surface area contributed by atoms with Crippen LogP contribution >= 0.6 is 11.8 Å². The van der Waals surface area contributed by atoms with Gasteiger partial charge in [0.1, 0.15) is 28.8 Å². The lowest BCUT2D eigenvalue weighted by atomic mass is 10.2. The Hall–Kier alpha value is -3.30. The maximum Gasteiger partial charge on any atom is 0.233 e. The zero-order chi connectivity index (χ0) is 20.1. The maximum absolute atomic E-state index is 13.9. The zero-order valence-corrected chi connectivity index (χ0v) is 15.7. The van der Waals surface area contributed by atoms with E-state index in [1.165, 1.54) is 12.1 Å². The van der Waals surface area contributed by atoms with Crippen LogP contribution in [0.1, 0.15) is 11.1 Å². The number of hydrogen-bond acceptors (Lipinski definition) is 7. The molecule has 3 rings (SSSR count). The second-order valence-corrected chi connectivity index (χ2v) is 7.07. The molecule has 0 aliphatic carbocycles. The van der Waals surface area contributed by atoms with E-state index in [1.807, 2.05) is 17.0 Å². The molecule has 28 heavy (non-hydrogen) atoms. The molecule has 1 aromatic carbocycles. The van der Waals surface area contributed by atoms with Crippen molar-refractivity contribution in [2.24, 2.45) is 0 Å². The van der Waals surface area contributed by atoms with E-state index >= 15 is 0 Å². The number of pyridine rings is 1. The summed E-state index contributed by atoms with van der Waals surface area (Å²) in [6.45, 7) is 2.06. The third kappa shape index (κ3) is 4.16. The topological polar surface area (TPSA) is 110 Å². The van der Waals surface area contributed by atoms with Crippen LogP contribution in [0.15, 0.2) is 35.4 Å². The van der Waals surface area contributed by atoms with Gasteiger partial charge in [-0.25, -0.2) is 9.37 Å². The SMILES string of the molecule is N#Cc1cc(C#N)c(SCC(=O)N2CCN(c3ccccc3F)CC2)nc1N. The van der Waals surface area contributed by atoms with Gasteiger partial charge in [0.15, 0.2) is 0 Å². The Kier molecular flexibility index (Phi) is 5.97. The summed E-state index contributed by atoms with van der Waals surface area (Å²) in [5.74, 6) is -0.222. The molecule has 0 saturated carbocycles. The second-order valence-electron chi connectivity index (χ2n) is 6.11. The number of nitrogens with two attached hydrogens (primary N) is 1. The average Bonchev–Trinajstić information content (AvgIpc) is 2.72. The Labute approximate surface area is 166 Å². The number of amides is 1. The summed E-state index contributed by atoms with van der Waals surface area (Å²) in [4.78, 5) is 20.2. The minimum Gasteiger partial charge on any atom is -0.383 e. The Balaban J connectivity index is 1.59. The Morgan fingerprint density at radius 3 is 2.50 bits per heavy atom. The first-order valence-electron chi connectivity index (χ1n) is 8.54. The van der Waals surface area contributed by atoms with Crippen LogP contribution in [0.5, 0.6) is 0 Å². The Morgan fingerprint density at radius 2 is 1.86 bits per heavy atom. The number of nitriles is 2. The van der Waals surface area contributed by atoms with Crippen LogP contribution in [0.25, 0.3) is 0 Å². The second kappa shape index (κ2) is 8.59. The van der Waals surface area contributed by atoms with Crippen molar-refractivity contribution >= 4 is 29.2 Å². The Bertz CT molecular complexity index is 975. The monoisotopic (exact) mass is 396 g/mol. The number of halogens is 1. The highest BCUT2D eigenvalue weighted by atomic mass is 32.2. The average molecular weight is 396 g/mol. The van der Waals surface area contributed by atoms with Gasteiger partial charge in [0, 0.05) is 26.2 Å². The number of anilines is 2. The number of para-hydroxylation sites is 1. The van der Waals surface area contributed by atoms with E-state index in [1.54, 1.807) is 23.1 Å². The quantitative estimate of drug-likeness (QED) is 0.787. The molecular weight excluding hydrogens is 379 g/mol. The standard InChI is InChI=1S/C19H17FN6OS/c20-15-3-1-2-4-16(15)25-5-7-26(8-6-25)17(27)12-28-19-14(11-22)9-13(10-21)18(23)24-19/h1-4,9H,5-8,12H2,(H2,23,24). The van der Waals surface area contributed by atoms with Gasteiger partial charge in [0.05, 0.1) is 22.6 Å². The molecule has 1 fully saturated rings. The van der Waals surface area contributed by atoms with Crippen LogP contribution in [0.2, 0.25) is 0 Å². The highest BCUT2D eigenvalue weighted by molar-refractivity contribution is 8.00. The highest BCUT2D eigenvalue weighted by Gasteiger charge is 2.23. The molecule has 142 valence electrons. The van der Waals surface area contributed by atoms with Crippen molar-refractivity contribution in [2.45, 2.75) is 5.03 Å². The van der Waals surface area contributed by atoms with E-state index < -0.39 is 0 Å². The number of benzene rings is 1. The lowest BCUT2D eigenvalue weighted by Crippen LogP contribution is -2.49. The fourth-order valence-electron chi connectivity index (χ4n) is 2.92. The molecule has 1 aliphatic heterocycles. The fraction of sp³-hybridized carbons (Fsp3) is 0.263. The molecule has 0 spiro atoms. The van der Waals surface area contributed by atoms with E-state index in [2.05, 4.69) is 4.98 Å². The van der Waals surface area contributed by atoms with Crippen molar-refractivity contribution < 1.29 is 9.18 Å². The molecule has 2 N–H and O–H groups in total. The number of nitrogens with zero attached hydrogens (tertiary/aromatic N) is 5. The Morgan fingerprint density at radius 1 is 1.18 bits per heavy atom. The van der Waals surface area contributed by atoms with Crippen LogP contribution in [0.4, 0.5) is 15.9 Å². The molecule has 0 unspecified atom stereocenters. The summed E-state index contributed by atoms with van der Waals surface area (Å²) in [5, 5.41) is 18.5. The van der Waals surface area contributed by atoms with Crippen LogP contribution in [-0.2, 0) is 4.79 Å². The molecule has 2 heterocycles. The first-order chi connectivity index (χ1) is 13.5. The van der Waals surface area contributed by atoms with Crippen LogP contribution < -0.4 is 10.6 Å². The molecule has 1 aromatic heterocycles.